The maximum absolute atomic E-state index is 10.4. The lowest BCUT2D eigenvalue weighted by atomic mass is 10.4. The molecule has 10 heavy (non-hydrogen) atoms. The van der Waals surface area contributed by atoms with E-state index in [1.807, 2.05) is 0 Å². The van der Waals surface area contributed by atoms with Crippen molar-refractivity contribution in [2.75, 3.05) is 13.2 Å². The van der Waals surface area contributed by atoms with Crippen LogP contribution in [-0.2, 0) is 14.3 Å². The number of aliphatic hydroxyl groups is 1. The summed E-state index contributed by atoms with van der Waals surface area (Å²) in [6, 6.07) is 0. The molecular formula is C6H10O4. The Labute approximate surface area is 58.8 Å². The molecule has 0 aliphatic heterocycles. The first-order chi connectivity index (χ1) is 4.70. The van der Waals surface area contributed by atoms with Gasteiger partial charge in [-0.3, -0.25) is 9.59 Å². The minimum Gasteiger partial charge on any atom is -0.458 e. The van der Waals surface area contributed by atoms with Gasteiger partial charge in [-0.25, -0.2) is 0 Å². The molecule has 0 bridgehead atoms. The number of ether oxygens (including phenoxy) is 1. The topological polar surface area (TPSA) is 63.6 Å². The molecule has 4 heteroatoms. The summed E-state index contributed by atoms with van der Waals surface area (Å²) < 4.78 is 4.40. The van der Waals surface area contributed by atoms with Gasteiger partial charge in [-0.1, -0.05) is 6.92 Å². The summed E-state index contributed by atoms with van der Waals surface area (Å²) in [7, 11) is 0. The molecule has 0 rings (SSSR count). The van der Waals surface area contributed by atoms with Crippen LogP contribution < -0.4 is 0 Å². The molecule has 0 heterocycles. The number of hydrogen-bond donors (Lipinski definition) is 1. The fraction of sp³-hybridized carbons (Fsp3) is 0.667. The number of rotatable bonds is 4. The lowest BCUT2D eigenvalue weighted by Gasteiger charge is -1.98. The third kappa shape index (κ3) is 4.03. The van der Waals surface area contributed by atoms with Crippen molar-refractivity contribution in [3.05, 3.63) is 0 Å². The lowest BCUT2D eigenvalue weighted by molar-refractivity contribution is -0.148. The van der Waals surface area contributed by atoms with Crippen molar-refractivity contribution in [2.45, 2.75) is 13.3 Å². The van der Waals surface area contributed by atoms with Crippen molar-refractivity contribution in [3.63, 3.8) is 0 Å². The first-order valence-corrected chi connectivity index (χ1v) is 2.99. The molecule has 0 aliphatic rings. The number of carbonyl (C=O) groups excluding carboxylic acids is 2. The highest BCUT2D eigenvalue weighted by Gasteiger charge is 2.02. The Morgan fingerprint density at radius 1 is 1.50 bits per heavy atom. The van der Waals surface area contributed by atoms with Gasteiger partial charge >= 0.3 is 5.97 Å². The molecule has 0 aliphatic carbocycles. The zero-order valence-corrected chi connectivity index (χ0v) is 5.79. The van der Waals surface area contributed by atoms with Crippen LogP contribution in [-0.4, -0.2) is 30.1 Å². The molecule has 0 spiro atoms. The predicted molar refractivity (Wildman–Crippen MR) is 33.3 cm³/mol. The molecule has 4 nitrogen and oxygen atoms in total. The maximum atomic E-state index is 10.4. The van der Waals surface area contributed by atoms with E-state index in [2.05, 4.69) is 4.74 Å². The fourth-order valence-electron chi connectivity index (χ4n) is 0.309. The van der Waals surface area contributed by atoms with Crippen LogP contribution in [0.3, 0.4) is 0 Å². The van der Waals surface area contributed by atoms with Gasteiger partial charge in [0.25, 0.3) is 0 Å². The second-order valence-electron chi connectivity index (χ2n) is 1.71. The minimum atomic E-state index is -0.572. The van der Waals surface area contributed by atoms with Crippen LogP contribution in [0.5, 0.6) is 0 Å². The smallest absolute Gasteiger partial charge is 0.305 e. The highest BCUT2D eigenvalue weighted by atomic mass is 16.5. The zero-order valence-electron chi connectivity index (χ0n) is 5.79. The SMILES string of the molecule is CCC(=O)OCC(=O)CO. The summed E-state index contributed by atoms with van der Waals surface area (Å²) in [6.45, 7) is 0.742. The van der Waals surface area contributed by atoms with Crippen molar-refractivity contribution in [1.82, 2.24) is 0 Å². The Hall–Kier alpha value is -0.900. The largest absolute Gasteiger partial charge is 0.458 e. The van der Waals surface area contributed by atoms with E-state index in [9.17, 15) is 9.59 Å². The molecule has 0 radical (unpaired) electrons. The molecule has 0 fully saturated rings. The molecule has 1 N–H and O–H groups in total. The zero-order chi connectivity index (χ0) is 7.98. The average molecular weight is 146 g/mol. The summed E-state index contributed by atoms with van der Waals surface area (Å²) in [5, 5.41) is 8.18. The lowest BCUT2D eigenvalue weighted by Crippen LogP contribution is -2.15. The first kappa shape index (κ1) is 9.10. The van der Waals surface area contributed by atoms with Gasteiger partial charge in [-0.05, 0) is 0 Å². The van der Waals surface area contributed by atoms with E-state index in [1.54, 1.807) is 6.92 Å². The molecule has 0 saturated heterocycles. The van der Waals surface area contributed by atoms with Gasteiger partial charge in [0.1, 0.15) is 6.61 Å². The van der Waals surface area contributed by atoms with Gasteiger partial charge in [0.05, 0.1) is 0 Å². The summed E-state index contributed by atoms with van der Waals surface area (Å²) in [5.41, 5.74) is 0. The van der Waals surface area contributed by atoms with Crippen LogP contribution in [0.25, 0.3) is 0 Å². The summed E-state index contributed by atoms with van der Waals surface area (Å²) in [4.78, 5) is 20.7. The second-order valence-corrected chi connectivity index (χ2v) is 1.71. The monoisotopic (exact) mass is 146 g/mol. The summed E-state index contributed by atoms with van der Waals surface area (Å²) in [5.74, 6) is -0.913. The van der Waals surface area contributed by atoms with Crippen molar-refractivity contribution < 1.29 is 19.4 Å². The standard InChI is InChI=1S/C6H10O4/c1-2-6(9)10-4-5(8)3-7/h7H,2-4H2,1H3. The van der Waals surface area contributed by atoms with Gasteiger partial charge in [0, 0.05) is 6.42 Å². The van der Waals surface area contributed by atoms with E-state index in [1.165, 1.54) is 0 Å². The van der Waals surface area contributed by atoms with Gasteiger partial charge in [-0.15, -0.1) is 0 Å². The molecule has 0 aromatic heterocycles. The van der Waals surface area contributed by atoms with Crippen LogP contribution in [0.2, 0.25) is 0 Å². The Morgan fingerprint density at radius 3 is 2.50 bits per heavy atom. The third-order valence-electron chi connectivity index (χ3n) is 0.859. The van der Waals surface area contributed by atoms with E-state index in [0.717, 1.165) is 0 Å². The normalized spacial score (nSPS) is 9.00. The van der Waals surface area contributed by atoms with Crippen molar-refractivity contribution in [2.24, 2.45) is 0 Å². The van der Waals surface area contributed by atoms with E-state index in [-0.39, 0.29) is 13.0 Å². The van der Waals surface area contributed by atoms with Crippen molar-refractivity contribution in [3.8, 4) is 0 Å². The van der Waals surface area contributed by atoms with Crippen LogP contribution in [0.1, 0.15) is 13.3 Å². The second kappa shape index (κ2) is 4.93. The average Bonchev–Trinajstić information content (AvgIpc) is 1.99. The molecule has 0 atom stereocenters. The van der Waals surface area contributed by atoms with Gasteiger partial charge in [0.2, 0.25) is 0 Å². The molecule has 0 aromatic carbocycles. The molecule has 0 aromatic rings. The number of Topliss-reactive ketones (excluding diaryl/α,β-unsaturated/α-hetero) is 1. The van der Waals surface area contributed by atoms with Crippen LogP contribution in [0, 0.1) is 0 Å². The Balaban J connectivity index is 3.35. The minimum absolute atomic E-state index is 0.249. The van der Waals surface area contributed by atoms with Crippen molar-refractivity contribution in [1.29, 1.82) is 0 Å². The Morgan fingerprint density at radius 2 is 2.10 bits per heavy atom. The molecule has 0 amide bonds. The van der Waals surface area contributed by atoms with Crippen LogP contribution in [0.4, 0.5) is 0 Å². The third-order valence-corrected chi connectivity index (χ3v) is 0.859. The number of carbonyl (C=O) groups is 2. The van der Waals surface area contributed by atoms with E-state index in [0.29, 0.717) is 0 Å². The number of ketones is 1. The molecule has 58 valence electrons. The van der Waals surface area contributed by atoms with Crippen LogP contribution in [0.15, 0.2) is 0 Å². The van der Waals surface area contributed by atoms with Gasteiger partial charge in [-0.2, -0.15) is 0 Å². The van der Waals surface area contributed by atoms with E-state index in [4.69, 9.17) is 5.11 Å². The van der Waals surface area contributed by atoms with Gasteiger partial charge in [0.15, 0.2) is 12.4 Å². The van der Waals surface area contributed by atoms with Crippen LogP contribution >= 0.6 is 0 Å². The number of esters is 1. The Bertz CT molecular complexity index is 114. The fourth-order valence-corrected chi connectivity index (χ4v) is 0.309. The number of hydrogen-bond acceptors (Lipinski definition) is 4. The molecular weight excluding hydrogens is 136 g/mol. The van der Waals surface area contributed by atoms with Crippen molar-refractivity contribution >= 4 is 11.8 Å². The quantitative estimate of drug-likeness (QED) is 0.543. The number of aliphatic hydroxyl groups excluding tert-OH is 1. The maximum Gasteiger partial charge on any atom is 0.305 e. The molecule has 0 saturated carbocycles. The highest BCUT2D eigenvalue weighted by molar-refractivity contribution is 5.83. The van der Waals surface area contributed by atoms with E-state index >= 15 is 0 Å². The van der Waals surface area contributed by atoms with Gasteiger partial charge < -0.3 is 9.84 Å². The van der Waals surface area contributed by atoms with E-state index < -0.39 is 18.4 Å². The highest BCUT2D eigenvalue weighted by Crippen LogP contribution is 1.83. The predicted octanol–water partition coefficient (Wildman–Crippen LogP) is -0.499. The molecule has 0 unspecified atom stereocenters. The Kier molecular flexibility index (Phi) is 4.49. The summed E-state index contributed by atoms with van der Waals surface area (Å²) in [6.07, 6.45) is 0.249. The summed E-state index contributed by atoms with van der Waals surface area (Å²) >= 11 is 0. The first-order valence-electron chi connectivity index (χ1n) is 2.99.